The van der Waals surface area contributed by atoms with E-state index >= 15 is 0 Å². The molecule has 164 valence electrons. The van der Waals surface area contributed by atoms with E-state index in [1.54, 1.807) is 36.2 Å². The largest absolute Gasteiger partial charge is 0.340 e. The van der Waals surface area contributed by atoms with Crippen molar-refractivity contribution in [2.24, 2.45) is 5.92 Å². The lowest BCUT2D eigenvalue weighted by Gasteiger charge is -2.26. The Morgan fingerprint density at radius 2 is 1.61 bits per heavy atom. The molecule has 1 aliphatic carbocycles. The summed E-state index contributed by atoms with van der Waals surface area (Å²) in [6.45, 7) is 1.26. The lowest BCUT2D eigenvalue weighted by molar-refractivity contribution is -0.134. The minimum Gasteiger partial charge on any atom is -0.340 e. The fourth-order valence-corrected chi connectivity index (χ4v) is 4.53. The van der Waals surface area contributed by atoms with Crippen LogP contribution in [0.3, 0.4) is 0 Å². The third kappa shape index (κ3) is 4.86. The van der Waals surface area contributed by atoms with Crippen LogP contribution < -0.4 is 5.32 Å². The smallest absolute Gasteiger partial charge is 0.321 e. The molecular weight excluding hydrogens is 400 g/mol. The van der Waals surface area contributed by atoms with Crippen molar-refractivity contribution < 1.29 is 18.4 Å². The number of anilines is 1. The Bertz CT molecular complexity index is 938. The van der Waals surface area contributed by atoms with Gasteiger partial charge in [-0.25, -0.2) is 13.6 Å². The van der Waals surface area contributed by atoms with Gasteiger partial charge < -0.3 is 15.1 Å². The number of halogens is 2. The lowest BCUT2D eigenvalue weighted by atomic mass is 10.1. The predicted molar refractivity (Wildman–Crippen MR) is 116 cm³/mol. The number of nitrogens with zero attached hydrogens (tertiary/aromatic N) is 2. The predicted octanol–water partition coefficient (Wildman–Crippen LogP) is 4.89. The summed E-state index contributed by atoms with van der Waals surface area (Å²) < 4.78 is 26.9. The Kier molecular flexibility index (Phi) is 6.20. The number of carbonyl (C=O) groups excluding carboxylic acids is 2. The normalized spacial score (nSPS) is 18.9. The van der Waals surface area contributed by atoms with Crippen molar-refractivity contribution in [1.82, 2.24) is 9.80 Å². The topological polar surface area (TPSA) is 52.7 Å². The average molecular weight is 427 g/mol. The minimum absolute atomic E-state index is 0.0140. The monoisotopic (exact) mass is 427 g/mol. The van der Waals surface area contributed by atoms with Gasteiger partial charge in [0.25, 0.3) is 0 Å². The zero-order chi connectivity index (χ0) is 22.0. The summed E-state index contributed by atoms with van der Waals surface area (Å²) in [4.78, 5) is 28.9. The number of nitrogens with one attached hydrogen (secondary N) is 1. The summed E-state index contributed by atoms with van der Waals surface area (Å²) in [5, 5.41) is 2.85. The third-order valence-corrected chi connectivity index (χ3v) is 6.38. The Morgan fingerprint density at radius 1 is 0.968 bits per heavy atom. The van der Waals surface area contributed by atoms with Gasteiger partial charge in [0.15, 0.2) is 0 Å². The van der Waals surface area contributed by atoms with Crippen LogP contribution in [0.25, 0.3) is 11.1 Å². The molecule has 2 fully saturated rings. The molecule has 2 aromatic rings. The summed E-state index contributed by atoms with van der Waals surface area (Å²) in [5.74, 6) is -0.877. The third-order valence-electron chi connectivity index (χ3n) is 6.38. The average Bonchev–Trinajstić information content (AvgIpc) is 3.45. The van der Waals surface area contributed by atoms with E-state index in [0.717, 1.165) is 38.2 Å². The molecule has 1 heterocycles. The number of benzene rings is 2. The Labute approximate surface area is 181 Å². The van der Waals surface area contributed by atoms with E-state index < -0.39 is 11.6 Å². The molecule has 5 nitrogen and oxygen atoms in total. The molecule has 31 heavy (non-hydrogen) atoms. The maximum Gasteiger partial charge on any atom is 0.321 e. The van der Waals surface area contributed by atoms with Crippen LogP contribution in [0, 0.1) is 17.6 Å². The van der Waals surface area contributed by atoms with Gasteiger partial charge in [-0.1, -0.05) is 25.0 Å². The maximum atomic E-state index is 13.4. The van der Waals surface area contributed by atoms with Crippen LogP contribution in [-0.2, 0) is 4.79 Å². The van der Waals surface area contributed by atoms with E-state index in [4.69, 9.17) is 0 Å². The second kappa shape index (κ2) is 9.04. The molecule has 1 aliphatic heterocycles. The first kappa shape index (κ1) is 21.3. The number of carbonyl (C=O) groups is 2. The SMILES string of the molecule is CN(C(=O)Nc1ccc(-c2cc(F)cc(F)c2)cc1)[C@H]1CCN(C(=O)C2CCCC2)C1. The zero-order valence-corrected chi connectivity index (χ0v) is 17.6. The Balaban J connectivity index is 1.34. The van der Waals surface area contributed by atoms with E-state index in [-0.39, 0.29) is 23.9 Å². The molecule has 0 radical (unpaired) electrons. The summed E-state index contributed by atoms with van der Waals surface area (Å²) >= 11 is 0. The lowest BCUT2D eigenvalue weighted by Crippen LogP contribution is -2.42. The summed E-state index contributed by atoms with van der Waals surface area (Å²) in [6, 6.07) is 9.93. The fourth-order valence-electron chi connectivity index (χ4n) is 4.53. The van der Waals surface area contributed by atoms with Gasteiger partial charge in [0.1, 0.15) is 11.6 Å². The first-order chi connectivity index (χ1) is 14.9. The number of rotatable bonds is 4. The number of hydrogen-bond donors (Lipinski definition) is 1. The maximum absolute atomic E-state index is 13.4. The summed E-state index contributed by atoms with van der Waals surface area (Å²) in [5.41, 5.74) is 1.68. The highest BCUT2D eigenvalue weighted by Crippen LogP contribution is 2.29. The number of amides is 3. The molecule has 4 rings (SSSR count). The molecule has 1 atom stereocenters. The first-order valence-electron chi connectivity index (χ1n) is 10.8. The van der Waals surface area contributed by atoms with Crippen molar-refractivity contribution in [3.8, 4) is 11.1 Å². The Morgan fingerprint density at radius 3 is 2.26 bits per heavy atom. The molecule has 1 N–H and O–H groups in total. The molecular formula is C24H27F2N3O2. The fraction of sp³-hybridized carbons (Fsp3) is 0.417. The van der Waals surface area contributed by atoms with Gasteiger partial charge in [-0.2, -0.15) is 0 Å². The summed E-state index contributed by atoms with van der Waals surface area (Å²) in [6.07, 6.45) is 4.99. The molecule has 2 aromatic carbocycles. The second-order valence-electron chi connectivity index (χ2n) is 8.48. The highest BCUT2D eigenvalue weighted by molar-refractivity contribution is 5.90. The van der Waals surface area contributed by atoms with E-state index in [9.17, 15) is 18.4 Å². The minimum atomic E-state index is -0.633. The molecule has 0 bridgehead atoms. The van der Waals surface area contributed by atoms with Crippen LogP contribution in [0.2, 0.25) is 0 Å². The van der Waals surface area contributed by atoms with Crippen LogP contribution in [-0.4, -0.2) is 47.9 Å². The summed E-state index contributed by atoms with van der Waals surface area (Å²) in [7, 11) is 1.74. The van der Waals surface area contributed by atoms with Crippen molar-refractivity contribution in [2.75, 3.05) is 25.5 Å². The van der Waals surface area contributed by atoms with Crippen molar-refractivity contribution >= 4 is 17.6 Å². The molecule has 1 saturated heterocycles. The van der Waals surface area contributed by atoms with E-state index in [1.165, 1.54) is 12.1 Å². The highest BCUT2D eigenvalue weighted by atomic mass is 19.1. The van der Waals surface area contributed by atoms with E-state index in [1.807, 2.05) is 4.90 Å². The second-order valence-corrected chi connectivity index (χ2v) is 8.48. The van der Waals surface area contributed by atoms with Crippen LogP contribution in [0.4, 0.5) is 19.3 Å². The van der Waals surface area contributed by atoms with E-state index in [2.05, 4.69) is 5.32 Å². The first-order valence-corrected chi connectivity index (χ1v) is 10.8. The molecule has 2 aliphatic rings. The van der Waals surface area contributed by atoms with Gasteiger partial charge in [0, 0.05) is 37.8 Å². The van der Waals surface area contributed by atoms with E-state index in [0.29, 0.717) is 29.9 Å². The molecule has 0 spiro atoms. The van der Waals surface area contributed by atoms with Crippen molar-refractivity contribution in [3.05, 3.63) is 54.1 Å². The highest BCUT2D eigenvalue weighted by Gasteiger charge is 2.34. The Hall–Kier alpha value is -2.96. The van der Waals surface area contributed by atoms with Gasteiger partial charge in [0.2, 0.25) is 5.91 Å². The molecule has 7 heteroatoms. The van der Waals surface area contributed by atoms with Gasteiger partial charge in [-0.3, -0.25) is 4.79 Å². The van der Waals surface area contributed by atoms with Gasteiger partial charge in [-0.15, -0.1) is 0 Å². The van der Waals surface area contributed by atoms with Crippen LogP contribution >= 0.6 is 0 Å². The molecule has 1 saturated carbocycles. The molecule has 0 aromatic heterocycles. The van der Waals surface area contributed by atoms with Crippen LogP contribution in [0.1, 0.15) is 32.1 Å². The van der Waals surface area contributed by atoms with Crippen LogP contribution in [0.5, 0.6) is 0 Å². The van der Waals surface area contributed by atoms with Crippen molar-refractivity contribution in [1.29, 1.82) is 0 Å². The van der Waals surface area contributed by atoms with Gasteiger partial charge in [-0.05, 0) is 54.7 Å². The van der Waals surface area contributed by atoms with Crippen LogP contribution in [0.15, 0.2) is 42.5 Å². The van der Waals surface area contributed by atoms with Gasteiger partial charge in [0.05, 0.1) is 6.04 Å². The number of likely N-dealkylation sites (tertiary alicyclic amines) is 1. The van der Waals surface area contributed by atoms with Crippen molar-refractivity contribution in [2.45, 2.75) is 38.1 Å². The molecule has 3 amide bonds. The number of hydrogen-bond acceptors (Lipinski definition) is 2. The van der Waals surface area contributed by atoms with Crippen molar-refractivity contribution in [3.63, 3.8) is 0 Å². The quantitative estimate of drug-likeness (QED) is 0.756. The zero-order valence-electron chi connectivity index (χ0n) is 17.6. The standard InChI is InChI=1S/C24H27F2N3O2/c1-28(22-10-11-29(15-22)23(30)17-4-2-3-5-17)24(31)27-21-8-6-16(7-9-21)18-12-19(25)14-20(26)13-18/h6-9,12-14,17,22H,2-5,10-11,15H2,1H3,(H,27,31)/t22-/m0/s1. The van der Waals surface area contributed by atoms with Gasteiger partial charge >= 0.3 is 6.03 Å². The number of likely N-dealkylation sites (N-methyl/N-ethyl adjacent to an activating group) is 1. The molecule has 0 unspecified atom stereocenters. The number of urea groups is 1.